The highest BCUT2D eigenvalue weighted by atomic mass is 16.5. The Morgan fingerprint density at radius 2 is 2.10 bits per heavy atom. The fourth-order valence-electron chi connectivity index (χ4n) is 3.29. The summed E-state index contributed by atoms with van der Waals surface area (Å²) in [6.45, 7) is 1.96. The van der Waals surface area contributed by atoms with Crippen LogP contribution in [-0.2, 0) is 6.42 Å². The van der Waals surface area contributed by atoms with Gasteiger partial charge in [-0.1, -0.05) is 24.3 Å². The molecule has 0 radical (unpaired) electrons. The number of benzene rings is 2. The van der Waals surface area contributed by atoms with E-state index in [4.69, 9.17) is 9.47 Å². The molecule has 0 spiro atoms. The second-order valence-electron chi connectivity index (χ2n) is 5.32. The molecule has 2 aliphatic rings. The zero-order valence-corrected chi connectivity index (χ0v) is 11.5. The molecule has 0 saturated heterocycles. The molecule has 0 fully saturated rings. The molecule has 0 aromatic heterocycles. The predicted octanol–water partition coefficient (Wildman–Crippen LogP) is 3.08. The zero-order valence-electron chi connectivity index (χ0n) is 11.5. The van der Waals surface area contributed by atoms with Crippen LogP contribution in [0.2, 0.25) is 0 Å². The van der Waals surface area contributed by atoms with E-state index in [1.54, 1.807) is 7.11 Å². The van der Waals surface area contributed by atoms with Crippen LogP contribution in [0.5, 0.6) is 17.2 Å². The summed E-state index contributed by atoms with van der Waals surface area (Å²) in [5, 5.41) is 3.54. The summed E-state index contributed by atoms with van der Waals surface area (Å²) in [5.41, 5.74) is 3.93. The van der Waals surface area contributed by atoms with Gasteiger partial charge in [0.1, 0.15) is 5.75 Å². The minimum absolute atomic E-state index is 0.350. The van der Waals surface area contributed by atoms with Gasteiger partial charge in [0.2, 0.25) is 0 Å². The number of hydrogen-bond acceptors (Lipinski definition) is 3. The smallest absolute Gasteiger partial charge is 0.173 e. The Bertz CT molecular complexity index is 666. The van der Waals surface area contributed by atoms with Crippen molar-refractivity contribution in [2.45, 2.75) is 12.3 Å². The fourth-order valence-corrected chi connectivity index (χ4v) is 3.29. The summed E-state index contributed by atoms with van der Waals surface area (Å²) in [6, 6.07) is 12.5. The molecule has 1 N–H and O–H groups in total. The van der Waals surface area contributed by atoms with E-state index >= 15 is 0 Å². The zero-order chi connectivity index (χ0) is 13.5. The second-order valence-corrected chi connectivity index (χ2v) is 5.32. The summed E-state index contributed by atoms with van der Waals surface area (Å²) in [7, 11) is 1.70. The van der Waals surface area contributed by atoms with Crippen LogP contribution >= 0.6 is 0 Å². The molecule has 3 heteroatoms. The SMILES string of the molecule is COc1ccc2c3c1Oc1ccccc1C3CNCC2. The molecule has 2 heterocycles. The van der Waals surface area contributed by atoms with Crippen LogP contribution in [-0.4, -0.2) is 20.2 Å². The monoisotopic (exact) mass is 267 g/mol. The van der Waals surface area contributed by atoms with E-state index < -0.39 is 0 Å². The number of rotatable bonds is 1. The molecule has 3 nitrogen and oxygen atoms in total. The molecule has 1 atom stereocenters. The topological polar surface area (TPSA) is 30.5 Å². The standard InChI is InChI=1S/C17H17NO2/c1-19-15-7-6-11-8-9-18-10-13-12-4-2-3-5-14(12)20-17(15)16(11)13/h2-7,13,18H,8-10H2,1H3. The summed E-state index contributed by atoms with van der Waals surface area (Å²) in [4.78, 5) is 0. The molecule has 0 bridgehead atoms. The third-order valence-electron chi connectivity index (χ3n) is 4.24. The molecule has 0 saturated carbocycles. The Morgan fingerprint density at radius 3 is 3.00 bits per heavy atom. The normalized spacial score (nSPS) is 19.4. The van der Waals surface area contributed by atoms with Gasteiger partial charge in [-0.3, -0.25) is 0 Å². The summed E-state index contributed by atoms with van der Waals surface area (Å²) in [6.07, 6.45) is 1.04. The first-order chi connectivity index (χ1) is 9.88. The molecular weight excluding hydrogens is 250 g/mol. The van der Waals surface area contributed by atoms with Gasteiger partial charge in [-0.2, -0.15) is 0 Å². The van der Waals surface area contributed by atoms with Crippen LogP contribution in [0.15, 0.2) is 36.4 Å². The first-order valence-electron chi connectivity index (χ1n) is 7.05. The van der Waals surface area contributed by atoms with Gasteiger partial charge in [-0.15, -0.1) is 0 Å². The van der Waals surface area contributed by atoms with Gasteiger partial charge in [-0.05, 0) is 30.7 Å². The minimum Gasteiger partial charge on any atom is -0.493 e. The number of fused-ring (bicyclic) bond motifs is 2. The first-order valence-corrected chi connectivity index (χ1v) is 7.05. The fraction of sp³-hybridized carbons (Fsp3) is 0.294. The van der Waals surface area contributed by atoms with E-state index in [1.165, 1.54) is 16.7 Å². The Morgan fingerprint density at radius 1 is 1.20 bits per heavy atom. The van der Waals surface area contributed by atoms with Gasteiger partial charge in [0.15, 0.2) is 11.5 Å². The maximum atomic E-state index is 6.15. The highest BCUT2D eigenvalue weighted by Crippen LogP contribution is 2.49. The molecule has 0 amide bonds. The molecular formula is C17H17NO2. The van der Waals surface area contributed by atoms with Crippen molar-refractivity contribution in [2.75, 3.05) is 20.2 Å². The van der Waals surface area contributed by atoms with Crippen LogP contribution in [0.1, 0.15) is 22.6 Å². The Hall–Kier alpha value is -2.00. The molecule has 4 rings (SSSR count). The van der Waals surface area contributed by atoms with E-state index in [-0.39, 0.29) is 0 Å². The van der Waals surface area contributed by atoms with Crippen molar-refractivity contribution >= 4 is 0 Å². The molecule has 2 aromatic carbocycles. The predicted molar refractivity (Wildman–Crippen MR) is 77.9 cm³/mol. The maximum absolute atomic E-state index is 6.15. The van der Waals surface area contributed by atoms with E-state index in [0.717, 1.165) is 36.8 Å². The molecule has 2 aliphatic heterocycles. The average molecular weight is 267 g/mol. The van der Waals surface area contributed by atoms with Crippen LogP contribution in [0.4, 0.5) is 0 Å². The molecule has 2 aromatic rings. The first kappa shape index (κ1) is 11.8. The summed E-state index contributed by atoms with van der Waals surface area (Å²) in [5.74, 6) is 3.02. The van der Waals surface area contributed by atoms with Crippen LogP contribution in [0, 0.1) is 0 Å². The number of para-hydroxylation sites is 1. The Balaban J connectivity index is 1.98. The van der Waals surface area contributed by atoms with E-state index in [9.17, 15) is 0 Å². The highest BCUT2D eigenvalue weighted by molar-refractivity contribution is 5.62. The van der Waals surface area contributed by atoms with Gasteiger partial charge in [0, 0.05) is 23.6 Å². The lowest BCUT2D eigenvalue weighted by Crippen LogP contribution is -2.22. The molecule has 20 heavy (non-hydrogen) atoms. The van der Waals surface area contributed by atoms with Gasteiger partial charge < -0.3 is 14.8 Å². The van der Waals surface area contributed by atoms with Crippen LogP contribution < -0.4 is 14.8 Å². The number of ether oxygens (including phenoxy) is 2. The quantitative estimate of drug-likeness (QED) is 0.861. The molecule has 1 unspecified atom stereocenters. The van der Waals surface area contributed by atoms with Gasteiger partial charge >= 0.3 is 0 Å². The van der Waals surface area contributed by atoms with Crippen LogP contribution in [0.25, 0.3) is 0 Å². The lowest BCUT2D eigenvalue weighted by molar-refractivity contribution is 0.366. The number of methoxy groups -OCH3 is 1. The van der Waals surface area contributed by atoms with Crippen molar-refractivity contribution in [3.8, 4) is 17.2 Å². The summed E-state index contributed by atoms with van der Waals surface area (Å²) < 4.78 is 11.6. The van der Waals surface area contributed by atoms with Crippen molar-refractivity contribution < 1.29 is 9.47 Å². The maximum Gasteiger partial charge on any atom is 0.173 e. The highest BCUT2D eigenvalue weighted by Gasteiger charge is 2.32. The third kappa shape index (κ3) is 1.63. The van der Waals surface area contributed by atoms with Gasteiger partial charge in [0.25, 0.3) is 0 Å². The lowest BCUT2D eigenvalue weighted by Gasteiger charge is -2.29. The van der Waals surface area contributed by atoms with Crippen LogP contribution in [0.3, 0.4) is 0 Å². The van der Waals surface area contributed by atoms with Crippen molar-refractivity contribution in [1.82, 2.24) is 5.32 Å². The lowest BCUT2D eigenvalue weighted by atomic mass is 9.85. The average Bonchev–Trinajstić information content (AvgIpc) is 2.72. The van der Waals surface area contributed by atoms with Crippen molar-refractivity contribution in [3.63, 3.8) is 0 Å². The van der Waals surface area contributed by atoms with Crippen molar-refractivity contribution in [1.29, 1.82) is 0 Å². The molecule has 0 aliphatic carbocycles. The van der Waals surface area contributed by atoms with E-state index in [0.29, 0.717) is 5.92 Å². The number of hydrogen-bond donors (Lipinski definition) is 1. The Kier molecular flexibility index (Phi) is 2.67. The third-order valence-corrected chi connectivity index (χ3v) is 4.24. The van der Waals surface area contributed by atoms with Gasteiger partial charge in [0.05, 0.1) is 7.11 Å². The second kappa shape index (κ2) is 4.53. The Labute approximate surface area is 118 Å². The van der Waals surface area contributed by atoms with Crippen molar-refractivity contribution in [3.05, 3.63) is 53.1 Å². The minimum atomic E-state index is 0.350. The van der Waals surface area contributed by atoms with E-state index in [2.05, 4.69) is 23.5 Å². The summed E-state index contributed by atoms with van der Waals surface area (Å²) >= 11 is 0. The van der Waals surface area contributed by atoms with Gasteiger partial charge in [-0.25, -0.2) is 0 Å². The van der Waals surface area contributed by atoms with Crippen molar-refractivity contribution in [2.24, 2.45) is 0 Å². The number of nitrogens with one attached hydrogen (secondary N) is 1. The molecule has 102 valence electrons. The largest absolute Gasteiger partial charge is 0.493 e. The van der Waals surface area contributed by atoms with E-state index in [1.807, 2.05) is 18.2 Å².